The molecular weight excluding hydrogens is 441 g/mol. The number of carbonyl (C=O) groups is 2. The van der Waals surface area contributed by atoms with Crippen LogP contribution in [0.15, 0.2) is 22.8 Å². The van der Waals surface area contributed by atoms with Crippen LogP contribution in [-0.4, -0.2) is 73.2 Å². The number of furan rings is 1. The van der Waals surface area contributed by atoms with Gasteiger partial charge in [0.1, 0.15) is 0 Å². The molecule has 0 bridgehead atoms. The Balaban J connectivity index is 0.000000423. The van der Waals surface area contributed by atoms with Gasteiger partial charge in [0, 0.05) is 25.0 Å². The van der Waals surface area contributed by atoms with Gasteiger partial charge in [-0.05, 0) is 37.4 Å². The SMILES string of the molecule is CC(C)CCN1CC2C(NC(=O)c3ccco3)CCS(=O)(=O)C2C1.O=C(O)C(F)(F)F. The normalized spacial score (nSPS) is 25.4. The Morgan fingerprint density at radius 3 is 2.48 bits per heavy atom. The summed E-state index contributed by atoms with van der Waals surface area (Å²) in [5, 5.41) is 9.76. The summed E-state index contributed by atoms with van der Waals surface area (Å²) in [6.07, 6.45) is -2.08. The summed E-state index contributed by atoms with van der Waals surface area (Å²) >= 11 is 0. The second-order valence-corrected chi connectivity index (χ2v) is 10.5. The Hall–Kier alpha value is -2.08. The molecule has 1 aromatic heterocycles. The van der Waals surface area contributed by atoms with Gasteiger partial charge in [-0.25, -0.2) is 13.2 Å². The fourth-order valence-electron chi connectivity index (χ4n) is 3.75. The number of hydrogen-bond acceptors (Lipinski definition) is 6. The van der Waals surface area contributed by atoms with E-state index in [1.54, 1.807) is 12.1 Å². The van der Waals surface area contributed by atoms with Crippen LogP contribution in [0, 0.1) is 11.8 Å². The number of nitrogens with one attached hydrogen (secondary N) is 1. The quantitative estimate of drug-likeness (QED) is 0.680. The van der Waals surface area contributed by atoms with Gasteiger partial charge in [-0.2, -0.15) is 13.2 Å². The zero-order chi connectivity index (χ0) is 23.4. The number of carboxylic acids is 1. The predicted octanol–water partition coefficient (Wildman–Crippen LogP) is 2.18. The molecule has 8 nitrogen and oxygen atoms in total. The number of rotatable bonds is 5. The number of carbonyl (C=O) groups excluding carboxylic acids is 1. The maximum absolute atomic E-state index is 12.4. The molecule has 3 rings (SSSR count). The highest BCUT2D eigenvalue weighted by molar-refractivity contribution is 7.92. The van der Waals surface area contributed by atoms with Gasteiger partial charge >= 0.3 is 12.1 Å². The molecule has 3 heterocycles. The van der Waals surface area contributed by atoms with Crippen molar-refractivity contribution in [2.75, 3.05) is 25.4 Å². The lowest BCUT2D eigenvalue weighted by Crippen LogP contribution is -2.51. The molecular formula is C19H27F3N2O6S. The van der Waals surface area contributed by atoms with E-state index in [0.29, 0.717) is 18.9 Å². The van der Waals surface area contributed by atoms with E-state index in [1.807, 2.05) is 0 Å². The first kappa shape index (κ1) is 25.2. The fourth-order valence-corrected chi connectivity index (χ4v) is 5.88. The van der Waals surface area contributed by atoms with E-state index in [1.165, 1.54) is 6.26 Å². The van der Waals surface area contributed by atoms with Crippen molar-refractivity contribution in [3.8, 4) is 0 Å². The van der Waals surface area contributed by atoms with Crippen molar-refractivity contribution in [3.63, 3.8) is 0 Å². The zero-order valence-corrected chi connectivity index (χ0v) is 18.1. The summed E-state index contributed by atoms with van der Waals surface area (Å²) in [5.41, 5.74) is 0. The second-order valence-electron chi connectivity index (χ2n) is 8.16. The van der Waals surface area contributed by atoms with Gasteiger partial charge in [0.2, 0.25) is 0 Å². The molecule has 2 aliphatic rings. The van der Waals surface area contributed by atoms with Crippen molar-refractivity contribution in [3.05, 3.63) is 24.2 Å². The summed E-state index contributed by atoms with van der Waals surface area (Å²) in [7, 11) is -3.07. The Morgan fingerprint density at radius 1 is 1.32 bits per heavy atom. The molecule has 3 unspecified atom stereocenters. The molecule has 176 valence electrons. The van der Waals surface area contributed by atoms with Crippen molar-refractivity contribution in [1.29, 1.82) is 0 Å². The highest BCUT2D eigenvalue weighted by Gasteiger charge is 2.48. The van der Waals surface area contributed by atoms with Crippen molar-refractivity contribution in [2.45, 2.75) is 44.2 Å². The van der Waals surface area contributed by atoms with E-state index in [4.69, 9.17) is 14.3 Å². The minimum atomic E-state index is -5.08. The molecule has 2 aliphatic heterocycles. The maximum atomic E-state index is 12.4. The number of nitrogens with zero attached hydrogens (tertiary/aromatic N) is 1. The van der Waals surface area contributed by atoms with Crippen LogP contribution in [0.25, 0.3) is 0 Å². The Bertz CT molecular complexity index is 854. The average molecular weight is 468 g/mol. The third-order valence-electron chi connectivity index (χ3n) is 5.40. The van der Waals surface area contributed by atoms with Crippen molar-refractivity contribution in [1.82, 2.24) is 10.2 Å². The van der Waals surface area contributed by atoms with Gasteiger partial charge in [0.05, 0.1) is 17.3 Å². The Kier molecular flexibility index (Phi) is 8.15. The van der Waals surface area contributed by atoms with Gasteiger partial charge in [-0.3, -0.25) is 4.79 Å². The third kappa shape index (κ3) is 6.96. The molecule has 1 aromatic rings. The zero-order valence-electron chi connectivity index (χ0n) is 17.3. The largest absolute Gasteiger partial charge is 0.490 e. The molecule has 0 aromatic carbocycles. The summed E-state index contributed by atoms with van der Waals surface area (Å²) in [6, 6.07) is 3.18. The van der Waals surface area contributed by atoms with Crippen LogP contribution in [0.2, 0.25) is 0 Å². The van der Waals surface area contributed by atoms with E-state index >= 15 is 0 Å². The summed E-state index contributed by atoms with van der Waals surface area (Å²) < 4.78 is 61.8. The smallest absolute Gasteiger partial charge is 0.475 e. The highest BCUT2D eigenvalue weighted by atomic mass is 32.2. The van der Waals surface area contributed by atoms with Crippen molar-refractivity contribution >= 4 is 21.7 Å². The van der Waals surface area contributed by atoms with Gasteiger partial charge in [-0.15, -0.1) is 0 Å². The fraction of sp³-hybridized carbons (Fsp3) is 0.684. The molecule has 0 radical (unpaired) electrons. The van der Waals surface area contributed by atoms with Crippen LogP contribution in [-0.2, 0) is 14.6 Å². The average Bonchev–Trinajstić information content (AvgIpc) is 3.32. The number of hydrogen-bond donors (Lipinski definition) is 2. The first-order valence-electron chi connectivity index (χ1n) is 9.89. The van der Waals surface area contributed by atoms with Crippen LogP contribution in [0.3, 0.4) is 0 Å². The Morgan fingerprint density at radius 2 is 1.97 bits per heavy atom. The second kappa shape index (κ2) is 10.0. The minimum Gasteiger partial charge on any atom is -0.475 e. The van der Waals surface area contributed by atoms with E-state index in [-0.39, 0.29) is 34.6 Å². The van der Waals surface area contributed by atoms with E-state index in [0.717, 1.165) is 19.5 Å². The number of carboxylic acid groups (broad SMARTS) is 1. The van der Waals surface area contributed by atoms with Crippen LogP contribution in [0.4, 0.5) is 13.2 Å². The number of amides is 1. The van der Waals surface area contributed by atoms with Gasteiger partial charge in [0.25, 0.3) is 5.91 Å². The third-order valence-corrected chi connectivity index (χ3v) is 7.63. The number of likely N-dealkylation sites (tertiary alicyclic amines) is 1. The number of aliphatic carboxylic acids is 1. The molecule has 1 amide bonds. The molecule has 0 aliphatic carbocycles. The molecule has 3 atom stereocenters. The number of fused-ring (bicyclic) bond motifs is 1. The summed E-state index contributed by atoms with van der Waals surface area (Å²) in [5.74, 6) is -2.03. The molecule has 0 spiro atoms. The number of sulfone groups is 1. The molecule has 0 saturated carbocycles. The van der Waals surface area contributed by atoms with E-state index in [2.05, 4.69) is 24.1 Å². The molecule has 2 fully saturated rings. The van der Waals surface area contributed by atoms with Crippen LogP contribution in [0.5, 0.6) is 0 Å². The number of alkyl halides is 3. The molecule has 12 heteroatoms. The van der Waals surface area contributed by atoms with E-state index in [9.17, 15) is 26.4 Å². The summed E-state index contributed by atoms with van der Waals surface area (Å²) in [6.45, 7) is 6.59. The van der Waals surface area contributed by atoms with Crippen LogP contribution < -0.4 is 5.32 Å². The molecule has 31 heavy (non-hydrogen) atoms. The lowest BCUT2D eigenvalue weighted by molar-refractivity contribution is -0.192. The van der Waals surface area contributed by atoms with Crippen molar-refractivity contribution < 1.29 is 40.7 Å². The lowest BCUT2D eigenvalue weighted by Gasteiger charge is -2.33. The standard InChI is InChI=1S/C17H26N2O4S.C2HF3O2/c1-12(2)5-7-19-10-13-14(6-9-24(21,22)16(13)11-19)18-17(20)15-4-3-8-23-15;3-2(4,5)1(6)7/h3-4,8,12-14,16H,5-7,9-11H2,1-2H3,(H,18,20);(H,6,7). The summed E-state index contributed by atoms with van der Waals surface area (Å²) in [4.78, 5) is 23.4. The van der Waals surface area contributed by atoms with E-state index < -0.39 is 22.0 Å². The van der Waals surface area contributed by atoms with Crippen molar-refractivity contribution in [2.24, 2.45) is 11.8 Å². The van der Waals surface area contributed by atoms with Crippen LogP contribution in [0.1, 0.15) is 37.2 Å². The minimum absolute atomic E-state index is 0.0326. The highest BCUT2D eigenvalue weighted by Crippen LogP contribution is 2.33. The first-order valence-corrected chi connectivity index (χ1v) is 11.6. The Labute approximate surface area is 178 Å². The lowest BCUT2D eigenvalue weighted by atomic mass is 9.95. The van der Waals surface area contributed by atoms with Gasteiger partial charge in [-0.1, -0.05) is 13.8 Å². The topological polar surface area (TPSA) is 117 Å². The molecule has 2 N–H and O–H groups in total. The maximum Gasteiger partial charge on any atom is 0.490 e. The number of halogens is 3. The van der Waals surface area contributed by atoms with Crippen LogP contribution >= 0.6 is 0 Å². The monoisotopic (exact) mass is 468 g/mol. The predicted molar refractivity (Wildman–Crippen MR) is 105 cm³/mol. The molecule has 2 saturated heterocycles. The van der Waals surface area contributed by atoms with Gasteiger partial charge in [0.15, 0.2) is 15.6 Å². The van der Waals surface area contributed by atoms with Gasteiger partial charge < -0.3 is 19.7 Å². The first-order chi connectivity index (χ1) is 14.3.